The number of benzene rings is 1. The van der Waals surface area contributed by atoms with E-state index in [1.807, 2.05) is 38.1 Å². The van der Waals surface area contributed by atoms with Gasteiger partial charge in [-0.05, 0) is 57.8 Å². The second-order valence-corrected chi connectivity index (χ2v) is 6.48. The summed E-state index contributed by atoms with van der Waals surface area (Å²) in [5.41, 5.74) is 1.69. The fraction of sp³-hybridized carbons (Fsp3) is 0.450. The number of ether oxygens (including phenoxy) is 2. The second-order valence-electron chi connectivity index (χ2n) is 6.48. The summed E-state index contributed by atoms with van der Waals surface area (Å²) in [7, 11) is 1.65. The maximum Gasteiger partial charge on any atom is 0.163 e. The van der Waals surface area contributed by atoms with E-state index in [0.717, 1.165) is 48.3 Å². The molecule has 6 nitrogen and oxygen atoms in total. The molecule has 26 heavy (non-hydrogen) atoms. The van der Waals surface area contributed by atoms with Gasteiger partial charge in [-0.25, -0.2) is 15.0 Å². The Bertz CT molecular complexity index is 811. The average molecular weight is 354 g/mol. The highest BCUT2D eigenvalue weighted by molar-refractivity contribution is 5.98. The number of aromatic nitrogens is 2. The van der Waals surface area contributed by atoms with Crippen molar-refractivity contribution in [1.29, 1.82) is 0 Å². The fourth-order valence-corrected chi connectivity index (χ4v) is 3.11. The van der Waals surface area contributed by atoms with Gasteiger partial charge in [0.2, 0.25) is 0 Å². The Morgan fingerprint density at radius 1 is 1.27 bits per heavy atom. The van der Waals surface area contributed by atoms with Gasteiger partial charge in [-0.3, -0.25) is 0 Å². The van der Waals surface area contributed by atoms with Crippen molar-refractivity contribution in [3.8, 4) is 11.5 Å². The Labute approximate surface area is 154 Å². The van der Waals surface area contributed by atoms with E-state index in [4.69, 9.17) is 9.47 Å². The van der Waals surface area contributed by atoms with Crippen molar-refractivity contribution in [3.05, 3.63) is 30.6 Å². The number of methoxy groups -OCH3 is 1. The van der Waals surface area contributed by atoms with Gasteiger partial charge in [0.25, 0.3) is 0 Å². The smallest absolute Gasteiger partial charge is 0.163 e. The molecule has 1 N–H and O–H groups in total. The molecule has 6 heteroatoms. The molecule has 3 rings (SSSR count). The molecule has 1 saturated heterocycles. The first-order valence-corrected chi connectivity index (χ1v) is 9.05. The van der Waals surface area contributed by atoms with Gasteiger partial charge < -0.3 is 14.8 Å². The minimum Gasteiger partial charge on any atom is -0.493 e. The summed E-state index contributed by atoms with van der Waals surface area (Å²) < 4.78 is 11.6. The van der Waals surface area contributed by atoms with Gasteiger partial charge in [0, 0.05) is 17.2 Å². The summed E-state index contributed by atoms with van der Waals surface area (Å²) in [5.74, 6) is 2.61. The quantitative estimate of drug-likeness (QED) is 0.801. The molecule has 1 aromatic heterocycles. The molecule has 0 radical (unpaired) electrons. The van der Waals surface area contributed by atoms with Gasteiger partial charge in [-0.1, -0.05) is 6.08 Å². The Kier molecular flexibility index (Phi) is 6.17. The number of nitrogens with one attached hydrogen (secondary N) is 1. The van der Waals surface area contributed by atoms with Crippen molar-refractivity contribution < 1.29 is 9.47 Å². The number of hydrogen-bond donors (Lipinski definition) is 1. The van der Waals surface area contributed by atoms with Crippen molar-refractivity contribution in [3.63, 3.8) is 0 Å². The molecule has 0 amide bonds. The third kappa shape index (κ3) is 4.38. The topological polar surface area (TPSA) is 68.6 Å². The third-order valence-corrected chi connectivity index (χ3v) is 4.52. The molecule has 0 bridgehead atoms. The SMILES string of the molecule is C/C=C\C(C)=Nc1ncnc2cc(OCC3CCNCC3)c(OC)cc12. The Morgan fingerprint density at radius 3 is 2.81 bits per heavy atom. The summed E-state index contributed by atoms with van der Waals surface area (Å²) in [6.07, 6.45) is 7.71. The highest BCUT2D eigenvalue weighted by Crippen LogP contribution is 2.35. The number of rotatable bonds is 6. The van der Waals surface area contributed by atoms with E-state index in [-0.39, 0.29) is 0 Å². The van der Waals surface area contributed by atoms with E-state index >= 15 is 0 Å². The van der Waals surface area contributed by atoms with Crippen molar-refractivity contribution in [1.82, 2.24) is 15.3 Å². The predicted octanol–water partition coefficient (Wildman–Crippen LogP) is 3.69. The summed E-state index contributed by atoms with van der Waals surface area (Å²) in [6.45, 7) is 6.72. The van der Waals surface area contributed by atoms with Crippen molar-refractivity contribution in [2.24, 2.45) is 10.9 Å². The molecule has 1 aromatic carbocycles. The van der Waals surface area contributed by atoms with Crippen LogP contribution in [0.5, 0.6) is 11.5 Å². The minimum absolute atomic E-state index is 0.575. The lowest BCUT2D eigenvalue weighted by Gasteiger charge is -2.23. The first-order chi connectivity index (χ1) is 12.7. The zero-order valence-corrected chi connectivity index (χ0v) is 15.7. The maximum absolute atomic E-state index is 6.07. The monoisotopic (exact) mass is 354 g/mol. The Balaban J connectivity index is 1.89. The summed E-state index contributed by atoms with van der Waals surface area (Å²) in [5, 5.41) is 4.23. The number of nitrogens with zero attached hydrogens (tertiary/aromatic N) is 3. The number of allylic oxidation sites excluding steroid dienone is 2. The molecule has 0 aliphatic carbocycles. The van der Waals surface area contributed by atoms with E-state index in [1.54, 1.807) is 7.11 Å². The molecule has 0 atom stereocenters. The standard InChI is InChI=1S/C20H26N4O2/c1-4-5-14(2)24-20-16-10-18(25-3)19(11-17(16)22-13-23-20)26-12-15-6-8-21-9-7-15/h4-5,10-11,13,15,21H,6-9,12H2,1-3H3/b5-4-,24-14?. The van der Waals surface area contributed by atoms with Crippen LogP contribution >= 0.6 is 0 Å². The lowest BCUT2D eigenvalue weighted by molar-refractivity contribution is 0.208. The number of piperidine rings is 1. The van der Waals surface area contributed by atoms with Crippen LogP contribution in [0.3, 0.4) is 0 Å². The molecular formula is C20H26N4O2. The van der Waals surface area contributed by atoms with E-state index in [0.29, 0.717) is 24.1 Å². The average Bonchev–Trinajstić information content (AvgIpc) is 2.67. The van der Waals surface area contributed by atoms with Crippen LogP contribution in [0.15, 0.2) is 35.6 Å². The Hall–Kier alpha value is -2.47. The first-order valence-electron chi connectivity index (χ1n) is 9.05. The normalized spacial score (nSPS) is 16.3. The molecule has 2 heterocycles. The van der Waals surface area contributed by atoms with Crippen LogP contribution in [0.2, 0.25) is 0 Å². The summed E-state index contributed by atoms with van der Waals surface area (Å²) >= 11 is 0. The fourth-order valence-electron chi connectivity index (χ4n) is 3.11. The van der Waals surface area contributed by atoms with Crippen LogP contribution in [-0.2, 0) is 0 Å². The van der Waals surface area contributed by atoms with Crippen molar-refractivity contribution >= 4 is 22.4 Å². The van der Waals surface area contributed by atoms with E-state index < -0.39 is 0 Å². The lowest BCUT2D eigenvalue weighted by Crippen LogP contribution is -2.30. The zero-order chi connectivity index (χ0) is 18.4. The van der Waals surface area contributed by atoms with Crippen LogP contribution < -0.4 is 14.8 Å². The third-order valence-electron chi connectivity index (χ3n) is 4.52. The molecular weight excluding hydrogens is 328 g/mol. The number of aliphatic imine (C=N–C) groups is 1. The van der Waals surface area contributed by atoms with Crippen molar-refractivity contribution in [2.45, 2.75) is 26.7 Å². The zero-order valence-electron chi connectivity index (χ0n) is 15.7. The van der Waals surface area contributed by atoms with E-state index in [2.05, 4.69) is 20.3 Å². The van der Waals surface area contributed by atoms with Crippen LogP contribution in [-0.4, -0.2) is 42.5 Å². The highest BCUT2D eigenvalue weighted by atomic mass is 16.5. The van der Waals surface area contributed by atoms with Crippen LogP contribution in [0.25, 0.3) is 10.9 Å². The van der Waals surface area contributed by atoms with Gasteiger partial charge in [0.1, 0.15) is 6.33 Å². The molecule has 1 aliphatic rings. The van der Waals surface area contributed by atoms with E-state index in [1.165, 1.54) is 6.33 Å². The van der Waals surface area contributed by atoms with Gasteiger partial charge in [0.05, 0.1) is 19.2 Å². The van der Waals surface area contributed by atoms with Gasteiger partial charge >= 0.3 is 0 Å². The summed E-state index contributed by atoms with van der Waals surface area (Å²) in [6, 6.07) is 3.83. The van der Waals surface area contributed by atoms with Crippen LogP contribution in [0.4, 0.5) is 5.82 Å². The molecule has 0 unspecified atom stereocenters. The minimum atomic E-state index is 0.575. The molecule has 1 aliphatic heterocycles. The van der Waals surface area contributed by atoms with Gasteiger partial charge in [0.15, 0.2) is 17.3 Å². The molecule has 0 spiro atoms. The van der Waals surface area contributed by atoms with Crippen LogP contribution in [0, 0.1) is 5.92 Å². The Morgan fingerprint density at radius 2 is 2.08 bits per heavy atom. The molecule has 0 saturated carbocycles. The van der Waals surface area contributed by atoms with Gasteiger partial charge in [-0.2, -0.15) is 0 Å². The van der Waals surface area contributed by atoms with Crippen molar-refractivity contribution in [2.75, 3.05) is 26.8 Å². The maximum atomic E-state index is 6.07. The van der Waals surface area contributed by atoms with Gasteiger partial charge in [-0.15, -0.1) is 0 Å². The number of hydrogen-bond acceptors (Lipinski definition) is 6. The molecule has 2 aromatic rings. The predicted molar refractivity (Wildman–Crippen MR) is 105 cm³/mol. The molecule has 1 fully saturated rings. The largest absolute Gasteiger partial charge is 0.493 e. The van der Waals surface area contributed by atoms with Crippen LogP contribution in [0.1, 0.15) is 26.7 Å². The lowest BCUT2D eigenvalue weighted by atomic mass is 9.99. The second kappa shape index (κ2) is 8.76. The highest BCUT2D eigenvalue weighted by Gasteiger charge is 2.16. The number of fused-ring (bicyclic) bond motifs is 1. The van der Waals surface area contributed by atoms with E-state index in [9.17, 15) is 0 Å². The summed E-state index contributed by atoms with van der Waals surface area (Å²) in [4.78, 5) is 13.3. The first kappa shape index (κ1) is 18.3. The molecule has 138 valence electrons.